The van der Waals surface area contributed by atoms with Crippen LogP contribution in [0, 0.1) is 0 Å². The van der Waals surface area contributed by atoms with E-state index in [4.69, 9.17) is 4.74 Å². The number of aryl methyl sites for hydroxylation is 2. The van der Waals surface area contributed by atoms with Crippen molar-refractivity contribution in [2.24, 2.45) is 0 Å². The molecule has 2 aromatic carbocycles. The highest BCUT2D eigenvalue weighted by atomic mass is 16.5. The molecule has 3 aromatic rings. The van der Waals surface area contributed by atoms with E-state index in [1.54, 1.807) is 0 Å². The van der Waals surface area contributed by atoms with E-state index in [-0.39, 0.29) is 0 Å². The quantitative estimate of drug-likeness (QED) is 0.615. The van der Waals surface area contributed by atoms with E-state index in [1.807, 2.05) is 6.20 Å². The van der Waals surface area contributed by atoms with Gasteiger partial charge < -0.3 is 14.6 Å². The zero-order chi connectivity index (χ0) is 17.5. The Labute approximate surface area is 150 Å². The maximum atomic E-state index is 6.08. The lowest BCUT2D eigenvalue weighted by molar-refractivity contribution is 0.221. The van der Waals surface area contributed by atoms with Crippen LogP contribution in [-0.4, -0.2) is 36.1 Å². The number of rotatable bonds is 9. The third kappa shape index (κ3) is 4.43. The van der Waals surface area contributed by atoms with Crippen molar-refractivity contribution in [1.82, 2.24) is 9.88 Å². The second-order valence-electron chi connectivity index (χ2n) is 6.34. The molecule has 132 valence electrons. The van der Waals surface area contributed by atoms with Crippen molar-refractivity contribution >= 4 is 10.9 Å². The van der Waals surface area contributed by atoms with Crippen molar-refractivity contribution in [3.05, 3.63) is 65.9 Å². The number of nitrogens with one attached hydrogen (secondary N) is 1. The largest absolute Gasteiger partial charge is 0.492 e. The monoisotopic (exact) mass is 336 g/mol. The number of nitrogens with zero attached hydrogens (tertiary/aromatic N) is 1. The molecule has 0 aliphatic heterocycles. The number of benzene rings is 2. The zero-order valence-electron chi connectivity index (χ0n) is 15.3. The molecule has 0 radical (unpaired) electrons. The van der Waals surface area contributed by atoms with Crippen molar-refractivity contribution in [3.63, 3.8) is 0 Å². The number of para-hydroxylation sites is 1. The van der Waals surface area contributed by atoms with E-state index in [0.717, 1.165) is 44.8 Å². The highest BCUT2D eigenvalue weighted by molar-refractivity contribution is 5.82. The molecule has 25 heavy (non-hydrogen) atoms. The van der Waals surface area contributed by atoms with Crippen LogP contribution in [0.25, 0.3) is 10.9 Å². The van der Waals surface area contributed by atoms with Gasteiger partial charge in [0.05, 0.1) is 0 Å². The van der Waals surface area contributed by atoms with Gasteiger partial charge in [-0.3, -0.25) is 0 Å². The van der Waals surface area contributed by atoms with Crippen LogP contribution in [0.5, 0.6) is 5.75 Å². The molecule has 0 spiro atoms. The standard InChI is InChI=1S/C22H28N2O/c1-3-24(4-2)16-17-25-22-11-6-5-8-19(22)13-12-18-9-7-10-21-20(18)14-15-23-21/h5-11,14-15,23H,3-4,12-13,16-17H2,1-2H3. The van der Waals surface area contributed by atoms with Crippen LogP contribution in [0.4, 0.5) is 0 Å². The molecule has 0 bridgehead atoms. The summed E-state index contributed by atoms with van der Waals surface area (Å²) in [5.41, 5.74) is 3.88. The van der Waals surface area contributed by atoms with Gasteiger partial charge in [-0.25, -0.2) is 0 Å². The van der Waals surface area contributed by atoms with E-state index < -0.39 is 0 Å². The van der Waals surface area contributed by atoms with E-state index in [9.17, 15) is 0 Å². The third-order valence-corrected chi connectivity index (χ3v) is 4.88. The third-order valence-electron chi connectivity index (χ3n) is 4.88. The van der Waals surface area contributed by atoms with Crippen LogP contribution in [-0.2, 0) is 12.8 Å². The molecule has 0 fully saturated rings. The first-order chi connectivity index (χ1) is 12.3. The van der Waals surface area contributed by atoms with Gasteiger partial charge in [0, 0.05) is 23.6 Å². The molecule has 0 unspecified atom stereocenters. The number of H-pyrrole nitrogens is 1. The van der Waals surface area contributed by atoms with Crippen molar-refractivity contribution < 1.29 is 4.74 Å². The van der Waals surface area contributed by atoms with Crippen LogP contribution in [0.1, 0.15) is 25.0 Å². The molecule has 0 aliphatic carbocycles. The normalized spacial score (nSPS) is 11.3. The van der Waals surface area contributed by atoms with Gasteiger partial charge in [0.25, 0.3) is 0 Å². The smallest absolute Gasteiger partial charge is 0.122 e. The molecule has 1 heterocycles. The summed E-state index contributed by atoms with van der Waals surface area (Å²) < 4.78 is 6.08. The van der Waals surface area contributed by atoms with Gasteiger partial charge in [-0.15, -0.1) is 0 Å². The van der Waals surface area contributed by atoms with Gasteiger partial charge >= 0.3 is 0 Å². The van der Waals surface area contributed by atoms with Gasteiger partial charge in [0.15, 0.2) is 0 Å². The second-order valence-corrected chi connectivity index (χ2v) is 6.34. The fourth-order valence-electron chi connectivity index (χ4n) is 3.31. The minimum Gasteiger partial charge on any atom is -0.492 e. The summed E-state index contributed by atoms with van der Waals surface area (Å²) in [6.45, 7) is 8.25. The number of hydrogen-bond acceptors (Lipinski definition) is 2. The van der Waals surface area contributed by atoms with Crippen LogP contribution in [0.15, 0.2) is 54.7 Å². The van der Waals surface area contributed by atoms with Crippen LogP contribution in [0.3, 0.4) is 0 Å². The molecule has 1 N–H and O–H groups in total. The summed E-state index contributed by atoms with van der Waals surface area (Å²) in [6, 6.07) is 17.1. The number of ether oxygens (including phenoxy) is 1. The van der Waals surface area contributed by atoms with E-state index in [0.29, 0.717) is 0 Å². The Morgan fingerprint density at radius 1 is 0.880 bits per heavy atom. The average molecular weight is 336 g/mol. The van der Waals surface area contributed by atoms with E-state index in [1.165, 1.54) is 22.0 Å². The average Bonchev–Trinajstić information content (AvgIpc) is 3.14. The van der Waals surface area contributed by atoms with Gasteiger partial charge in [-0.05, 0) is 55.3 Å². The van der Waals surface area contributed by atoms with Crippen LogP contribution >= 0.6 is 0 Å². The van der Waals surface area contributed by atoms with Gasteiger partial charge in [-0.1, -0.05) is 44.2 Å². The number of aromatic amines is 1. The first kappa shape index (κ1) is 17.6. The molecule has 3 rings (SSSR count). The number of fused-ring (bicyclic) bond motifs is 1. The molecular formula is C22H28N2O. The molecule has 3 nitrogen and oxygen atoms in total. The number of aromatic nitrogens is 1. The Kier molecular flexibility index (Phi) is 6.13. The zero-order valence-corrected chi connectivity index (χ0v) is 15.3. The Hall–Kier alpha value is -2.26. The van der Waals surface area contributed by atoms with E-state index in [2.05, 4.69) is 72.3 Å². The topological polar surface area (TPSA) is 28.3 Å². The number of hydrogen-bond donors (Lipinski definition) is 1. The predicted octanol–water partition coefficient (Wildman–Crippen LogP) is 4.67. The van der Waals surface area contributed by atoms with Crippen molar-refractivity contribution in [2.45, 2.75) is 26.7 Å². The van der Waals surface area contributed by atoms with Crippen molar-refractivity contribution in [3.8, 4) is 5.75 Å². The summed E-state index contributed by atoms with van der Waals surface area (Å²) in [7, 11) is 0. The maximum absolute atomic E-state index is 6.08. The van der Waals surface area contributed by atoms with Crippen LogP contribution in [0.2, 0.25) is 0 Å². The second kappa shape index (κ2) is 8.72. The maximum Gasteiger partial charge on any atom is 0.122 e. The fraction of sp³-hybridized carbons (Fsp3) is 0.364. The molecule has 0 atom stereocenters. The first-order valence-corrected chi connectivity index (χ1v) is 9.29. The van der Waals surface area contributed by atoms with E-state index >= 15 is 0 Å². The lowest BCUT2D eigenvalue weighted by Crippen LogP contribution is -2.28. The lowest BCUT2D eigenvalue weighted by atomic mass is 10.0. The molecule has 0 aliphatic rings. The molecular weight excluding hydrogens is 308 g/mol. The van der Waals surface area contributed by atoms with Crippen molar-refractivity contribution in [2.75, 3.05) is 26.2 Å². The first-order valence-electron chi connectivity index (χ1n) is 9.29. The Morgan fingerprint density at radius 3 is 2.48 bits per heavy atom. The minimum absolute atomic E-state index is 0.742. The SMILES string of the molecule is CCN(CC)CCOc1ccccc1CCc1cccc2[nH]ccc12. The summed E-state index contributed by atoms with van der Waals surface area (Å²) in [5, 5.41) is 1.32. The molecule has 0 saturated heterocycles. The Morgan fingerprint density at radius 2 is 1.64 bits per heavy atom. The predicted molar refractivity (Wildman–Crippen MR) is 105 cm³/mol. The summed E-state index contributed by atoms with van der Waals surface area (Å²) in [5.74, 6) is 1.02. The van der Waals surface area contributed by atoms with Gasteiger partial charge in [0.1, 0.15) is 12.4 Å². The Bertz CT molecular complexity index is 789. The van der Waals surface area contributed by atoms with Crippen molar-refractivity contribution in [1.29, 1.82) is 0 Å². The highest BCUT2D eigenvalue weighted by Gasteiger charge is 2.07. The summed E-state index contributed by atoms with van der Waals surface area (Å²) in [6.07, 6.45) is 4.02. The Balaban J connectivity index is 1.64. The highest BCUT2D eigenvalue weighted by Crippen LogP contribution is 2.23. The lowest BCUT2D eigenvalue weighted by Gasteiger charge is -2.19. The van der Waals surface area contributed by atoms with Gasteiger partial charge in [0.2, 0.25) is 0 Å². The van der Waals surface area contributed by atoms with Gasteiger partial charge in [-0.2, -0.15) is 0 Å². The minimum atomic E-state index is 0.742. The fourth-order valence-corrected chi connectivity index (χ4v) is 3.31. The molecule has 0 saturated carbocycles. The molecule has 1 aromatic heterocycles. The molecule has 0 amide bonds. The van der Waals surface area contributed by atoms with Crippen LogP contribution < -0.4 is 4.74 Å². The molecule has 3 heteroatoms. The summed E-state index contributed by atoms with van der Waals surface area (Å²) in [4.78, 5) is 5.67. The summed E-state index contributed by atoms with van der Waals surface area (Å²) >= 11 is 0. The number of likely N-dealkylation sites (N-methyl/N-ethyl adjacent to an activating group) is 1.